The summed E-state index contributed by atoms with van der Waals surface area (Å²) in [6.07, 6.45) is 0.108. The summed E-state index contributed by atoms with van der Waals surface area (Å²) in [6.45, 7) is 2.26. The van der Waals surface area contributed by atoms with Gasteiger partial charge in [0, 0.05) is 23.6 Å². The minimum absolute atomic E-state index is 0.00272. The number of nitrogens with zero attached hydrogens (tertiary/aromatic N) is 1. The summed E-state index contributed by atoms with van der Waals surface area (Å²) < 4.78 is 64.2. The fourth-order valence-electron chi connectivity index (χ4n) is 2.25. The van der Waals surface area contributed by atoms with Crippen molar-refractivity contribution in [2.45, 2.75) is 12.8 Å². The number of benzene rings is 1. The lowest BCUT2D eigenvalue weighted by Gasteiger charge is -2.27. The number of rotatable bonds is 7. The quantitative estimate of drug-likeness (QED) is 0.617. The van der Waals surface area contributed by atoms with E-state index in [1.807, 2.05) is 0 Å². The van der Waals surface area contributed by atoms with Gasteiger partial charge in [0.1, 0.15) is 0 Å². The van der Waals surface area contributed by atoms with Crippen molar-refractivity contribution in [3.05, 3.63) is 40.4 Å². The van der Waals surface area contributed by atoms with Crippen LogP contribution in [-0.2, 0) is 24.3 Å². The lowest BCUT2D eigenvalue weighted by Crippen LogP contribution is -2.48. The Kier molecular flexibility index (Phi) is 7.46. The van der Waals surface area contributed by atoms with Crippen LogP contribution in [0.4, 0.5) is 8.78 Å². The second-order valence-corrected chi connectivity index (χ2v) is 8.10. The van der Waals surface area contributed by atoms with Gasteiger partial charge in [0.25, 0.3) is 10.0 Å². The van der Waals surface area contributed by atoms with Crippen molar-refractivity contribution in [2.75, 3.05) is 32.9 Å². The number of carbonyl (C=O) groups excluding carboxylic acids is 1. The van der Waals surface area contributed by atoms with Crippen LogP contribution in [0.25, 0.3) is 4.91 Å². The van der Waals surface area contributed by atoms with Gasteiger partial charge in [-0.3, -0.25) is 0 Å². The number of morpholine rings is 1. The standard InChI is InChI=1S/C16H19BrF2N2O5S/c1-2-26-15(22)16(18,19)11-14(12-3-5-13(17)6-4-12)27(23,24)20-21-7-9-25-10-8-21/h3-6,11,20H,2,7-10H2,1H3/b14-11+. The van der Waals surface area contributed by atoms with Gasteiger partial charge in [0.15, 0.2) is 0 Å². The molecule has 7 nitrogen and oxygen atoms in total. The van der Waals surface area contributed by atoms with E-state index in [4.69, 9.17) is 4.74 Å². The zero-order chi connectivity index (χ0) is 20.1. The monoisotopic (exact) mass is 468 g/mol. The predicted molar refractivity (Wildman–Crippen MR) is 98.1 cm³/mol. The van der Waals surface area contributed by atoms with Crippen LogP contribution in [-0.4, -0.2) is 58.2 Å². The number of halogens is 3. The first kappa shape index (κ1) is 21.9. The van der Waals surface area contributed by atoms with Crippen molar-refractivity contribution in [3.8, 4) is 0 Å². The summed E-state index contributed by atoms with van der Waals surface area (Å²) >= 11 is 3.20. The average Bonchev–Trinajstić information content (AvgIpc) is 2.61. The van der Waals surface area contributed by atoms with Gasteiger partial charge in [-0.15, -0.1) is 4.83 Å². The second kappa shape index (κ2) is 9.20. The molecule has 150 valence electrons. The van der Waals surface area contributed by atoms with Crippen LogP contribution >= 0.6 is 15.9 Å². The van der Waals surface area contributed by atoms with E-state index in [-0.39, 0.29) is 31.3 Å². The zero-order valence-corrected chi connectivity index (χ0v) is 16.9. The summed E-state index contributed by atoms with van der Waals surface area (Å²) in [5.74, 6) is -5.93. The fourth-order valence-corrected chi connectivity index (χ4v) is 3.89. The van der Waals surface area contributed by atoms with E-state index in [0.717, 1.165) is 0 Å². The topological polar surface area (TPSA) is 84.9 Å². The number of hydrazine groups is 1. The number of hydrogen-bond acceptors (Lipinski definition) is 6. The molecule has 1 aliphatic rings. The van der Waals surface area contributed by atoms with Gasteiger partial charge in [0.2, 0.25) is 0 Å². The Morgan fingerprint density at radius 3 is 2.48 bits per heavy atom. The highest BCUT2D eigenvalue weighted by molar-refractivity contribution is 9.10. The number of hydrogen-bond donors (Lipinski definition) is 1. The molecule has 0 bridgehead atoms. The highest BCUT2D eigenvalue weighted by Crippen LogP contribution is 2.29. The van der Waals surface area contributed by atoms with E-state index in [0.29, 0.717) is 17.7 Å². The summed E-state index contributed by atoms with van der Waals surface area (Å²) in [4.78, 5) is 13.1. The van der Waals surface area contributed by atoms with Crippen LogP contribution in [0, 0.1) is 0 Å². The number of carbonyl (C=O) groups is 1. The summed E-state index contributed by atoms with van der Waals surface area (Å²) in [5.41, 5.74) is 0.00272. The van der Waals surface area contributed by atoms with Crippen molar-refractivity contribution >= 4 is 36.8 Å². The SMILES string of the molecule is CCOC(=O)C(F)(F)/C=C(\c1ccc(Br)cc1)S(=O)(=O)NN1CCOCC1. The lowest BCUT2D eigenvalue weighted by atomic mass is 10.2. The number of nitrogens with one attached hydrogen (secondary N) is 1. The van der Waals surface area contributed by atoms with Crippen molar-refractivity contribution in [1.82, 2.24) is 9.84 Å². The van der Waals surface area contributed by atoms with Gasteiger partial charge in [0.05, 0.1) is 24.7 Å². The van der Waals surface area contributed by atoms with Crippen molar-refractivity contribution in [2.24, 2.45) is 0 Å². The molecule has 1 fully saturated rings. The molecular weight excluding hydrogens is 450 g/mol. The molecule has 0 unspecified atom stereocenters. The number of alkyl halides is 2. The predicted octanol–water partition coefficient (Wildman–Crippen LogP) is 2.16. The molecule has 1 aromatic rings. The van der Waals surface area contributed by atoms with Crippen LogP contribution in [0.5, 0.6) is 0 Å². The molecule has 0 aromatic heterocycles. The Bertz CT molecular complexity index is 794. The molecule has 0 atom stereocenters. The summed E-state index contributed by atoms with van der Waals surface area (Å²) in [6, 6.07) is 5.73. The van der Waals surface area contributed by atoms with E-state index < -0.39 is 26.8 Å². The third-order valence-corrected chi connectivity index (χ3v) is 5.50. The Hall–Kier alpha value is -1.40. The van der Waals surface area contributed by atoms with Crippen LogP contribution in [0.1, 0.15) is 12.5 Å². The maximum absolute atomic E-state index is 14.2. The first-order chi connectivity index (χ1) is 12.7. The molecule has 0 amide bonds. The van der Waals surface area contributed by atoms with Gasteiger partial charge in [-0.2, -0.15) is 8.78 Å². The van der Waals surface area contributed by atoms with Gasteiger partial charge < -0.3 is 9.47 Å². The zero-order valence-electron chi connectivity index (χ0n) is 14.5. The first-order valence-corrected chi connectivity index (χ1v) is 10.3. The lowest BCUT2D eigenvalue weighted by molar-refractivity contribution is -0.164. The molecule has 1 heterocycles. The summed E-state index contributed by atoms with van der Waals surface area (Å²) in [5, 5.41) is 1.36. The molecule has 27 heavy (non-hydrogen) atoms. The van der Waals surface area contributed by atoms with Gasteiger partial charge >= 0.3 is 11.9 Å². The van der Waals surface area contributed by atoms with Crippen LogP contribution < -0.4 is 4.83 Å². The second-order valence-electron chi connectivity index (χ2n) is 5.55. The van der Waals surface area contributed by atoms with Gasteiger partial charge in [-0.25, -0.2) is 18.2 Å². The van der Waals surface area contributed by atoms with E-state index >= 15 is 0 Å². The molecule has 11 heteroatoms. The van der Waals surface area contributed by atoms with E-state index in [1.165, 1.54) is 36.2 Å². The third kappa shape index (κ3) is 6.04. The number of esters is 1. The van der Waals surface area contributed by atoms with Crippen LogP contribution in [0.3, 0.4) is 0 Å². The molecule has 2 rings (SSSR count). The molecular formula is C16H19BrF2N2O5S. The van der Waals surface area contributed by atoms with Crippen molar-refractivity contribution < 1.29 is 31.5 Å². The first-order valence-electron chi connectivity index (χ1n) is 8.04. The molecule has 1 N–H and O–H groups in total. The molecule has 1 saturated heterocycles. The van der Waals surface area contributed by atoms with Gasteiger partial charge in [-0.05, 0) is 24.6 Å². The maximum Gasteiger partial charge on any atom is 0.381 e. The van der Waals surface area contributed by atoms with E-state index in [2.05, 4.69) is 25.5 Å². The number of sulfonamides is 1. The summed E-state index contributed by atoms with van der Waals surface area (Å²) in [7, 11) is -4.39. The Morgan fingerprint density at radius 2 is 1.93 bits per heavy atom. The normalized spacial score (nSPS) is 17.0. The van der Waals surface area contributed by atoms with Gasteiger partial charge in [-0.1, -0.05) is 28.1 Å². The highest BCUT2D eigenvalue weighted by Gasteiger charge is 2.41. The Morgan fingerprint density at radius 1 is 1.33 bits per heavy atom. The highest BCUT2D eigenvalue weighted by atomic mass is 79.9. The molecule has 0 radical (unpaired) electrons. The maximum atomic E-state index is 14.2. The Balaban J connectivity index is 2.44. The molecule has 0 aliphatic carbocycles. The van der Waals surface area contributed by atoms with E-state index in [9.17, 15) is 22.0 Å². The third-order valence-electron chi connectivity index (χ3n) is 3.54. The van der Waals surface area contributed by atoms with Crippen LogP contribution in [0.2, 0.25) is 0 Å². The smallest absolute Gasteiger partial charge is 0.381 e. The molecule has 0 saturated carbocycles. The number of ether oxygens (including phenoxy) is 2. The average molecular weight is 469 g/mol. The minimum atomic E-state index is -4.39. The molecule has 1 aromatic carbocycles. The molecule has 1 aliphatic heterocycles. The fraction of sp³-hybridized carbons (Fsp3) is 0.438. The molecule has 0 spiro atoms. The van der Waals surface area contributed by atoms with E-state index in [1.54, 1.807) is 0 Å². The largest absolute Gasteiger partial charge is 0.461 e. The minimum Gasteiger partial charge on any atom is -0.461 e. The van der Waals surface area contributed by atoms with Crippen molar-refractivity contribution in [1.29, 1.82) is 0 Å². The van der Waals surface area contributed by atoms with Crippen LogP contribution in [0.15, 0.2) is 34.8 Å². The van der Waals surface area contributed by atoms with Crippen molar-refractivity contribution in [3.63, 3.8) is 0 Å². The Labute approximate surface area is 164 Å².